The minimum Gasteiger partial charge on any atom is -0.337 e. The van der Waals surface area contributed by atoms with Crippen LogP contribution in [0.2, 0.25) is 4.34 Å². The lowest BCUT2D eigenvalue weighted by Crippen LogP contribution is -2.26. The van der Waals surface area contributed by atoms with Gasteiger partial charge in [-0.1, -0.05) is 18.5 Å². The molecule has 0 atom stereocenters. The number of amides is 1. The number of nitrogens with zero attached hydrogens (tertiary/aromatic N) is 1. The second-order valence-corrected chi connectivity index (χ2v) is 8.46. The monoisotopic (exact) mass is 372 g/mol. The molecule has 0 radical (unpaired) electrons. The first-order valence-corrected chi connectivity index (χ1v) is 9.60. The Morgan fingerprint density at radius 3 is 2.39 bits per heavy atom. The maximum Gasteiger partial charge on any atom is 0.253 e. The molecule has 2 aromatic rings. The Morgan fingerprint density at radius 2 is 1.87 bits per heavy atom. The minimum absolute atomic E-state index is 0.142. The molecule has 5 nitrogen and oxygen atoms in total. The Balaban J connectivity index is 2.10. The standard InChI is InChI=1S/C15H17ClN2O3S2/c1-3-17-23(20,21)13-7-4-11(5-8-13)15(19)18(2)10-12-6-9-14(16)22-12/h4-9,17H,3,10H2,1-2H3. The maximum atomic E-state index is 12.4. The van der Waals surface area contributed by atoms with E-state index in [1.807, 2.05) is 6.07 Å². The van der Waals surface area contributed by atoms with Crippen molar-refractivity contribution in [2.75, 3.05) is 13.6 Å². The molecule has 0 fully saturated rings. The molecule has 0 aliphatic rings. The van der Waals surface area contributed by atoms with Crippen molar-refractivity contribution in [1.82, 2.24) is 9.62 Å². The smallest absolute Gasteiger partial charge is 0.253 e. The van der Waals surface area contributed by atoms with Crippen LogP contribution in [0.15, 0.2) is 41.3 Å². The van der Waals surface area contributed by atoms with Crippen molar-refractivity contribution >= 4 is 38.9 Å². The van der Waals surface area contributed by atoms with Crippen molar-refractivity contribution in [2.45, 2.75) is 18.4 Å². The van der Waals surface area contributed by atoms with Crippen molar-refractivity contribution in [3.8, 4) is 0 Å². The molecule has 0 bridgehead atoms. The van der Waals surface area contributed by atoms with Gasteiger partial charge in [0.2, 0.25) is 10.0 Å². The predicted molar refractivity (Wildman–Crippen MR) is 92.4 cm³/mol. The number of hydrogen-bond acceptors (Lipinski definition) is 4. The summed E-state index contributed by atoms with van der Waals surface area (Å²) in [4.78, 5) is 15.1. The van der Waals surface area contributed by atoms with E-state index in [2.05, 4.69) is 4.72 Å². The molecule has 0 aliphatic heterocycles. The fourth-order valence-electron chi connectivity index (χ4n) is 2.01. The first-order valence-electron chi connectivity index (χ1n) is 6.93. The van der Waals surface area contributed by atoms with Crippen molar-refractivity contribution in [3.63, 3.8) is 0 Å². The van der Waals surface area contributed by atoms with E-state index in [0.717, 1.165) is 4.88 Å². The summed E-state index contributed by atoms with van der Waals surface area (Å²) in [5, 5.41) is 0. The van der Waals surface area contributed by atoms with Crippen LogP contribution in [0.3, 0.4) is 0 Å². The first kappa shape index (κ1) is 17.9. The van der Waals surface area contributed by atoms with Crippen molar-refractivity contribution < 1.29 is 13.2 Å². The van der Waals surface area contributed by atoms with Crippen molar-refractivity contribution in [3.05, 3.63) is 51.2 Å². The number of benzene rings is 1. The van der Waals surface area contributed by atoms with Gasteiger partial charge in [-0.15, -0.1) is 11.3 Å². The number of nitrogens with one attached hydrogen (secondary N) is 1. The number of hydrogen-bond donors (Lipinski definition) is 1. The fourth-order valence-corrected chi connectivity index (χ4v) is 4.19. The molecule has 0 aliphatic carbocycles. The summed E-state index contributed by atoms with van der Waals surface area (Å²) in [7, 11) is -1.81. The molecule has 124 valence electrons. The van der Waals surface area contributed by atoms with Crippen molar-refractivity contribution in [1.29, 1.82) is 0 Å². The topological polar surface area (TPSA) is 66.5 Å². The van der Waals surface area contributed by atoms with E-state index in [1.54, 1.807) is 24.9 Å². The molecule has 0 unspecified atom stereocenters. The van der Waals surface area contributed by atoms with Crippen LogP contribution in [-0.4, -0.2) is 32.8 Å². The van der Waals surface area contributed by atoms with Gasteiger partial charge in [0, 0.05) is 24.0 Å². The summed E-state index contributed by atoms with van der Waals surface area (Å²) in [6, 6.07) is 9.57. The summed E-state index contributed by atoms with van der Waals surface area (Å²) in [5.74, 6) is -0.179. The molecular formula is C15H17ClN2O3S2. The van der Waals surface area contributed by atoms with Gasteiger partial charge in [-0.3, -0.25) is 4.79 Å². The molecule has 0 spiro atoms. The zero-order valence-electron chi connectivity index (χ0n) is 12.7. The number of rotatable bonds is 6. The molecule has 1 N–H and O–H groups in total. The molecule has 23 heavy (non-hydrogen) atoms. The number of halogens is 1. The summed E-state index contributed by atoms with van der Waals surface area (Å²) in [5.41, 5.74) is 0.436. The van der Waals surface area contributed by atoms with Gasteiger partial charge >= 0.3 is 0 Å². The fraction of sp³-hybridized carbons (Fsp3) is 0.267. The molecule has 1 aromatic carbocycles. The third-order valence-corrected chi connectivity index (χ3v) is 5.89. The molecule has 1 heterocycles. The Kier molecular flexibility index (Phi) is 5.80. The van der Waals surface area contributed by atoms with Gasteiger partial charge in [0.1, 0.15) is 0 Å². The molecule has 2 rings (SSSR count). The van der Waals surface area contributed by atoms with Gasteiger partial charge in [-0.2, -0.15) is 0 Å². The lowest BCUT2D eigenvalue weighted by atomic mass is 10.2. The van der Waals surface area contributed by atoms with Gasteiger partial charge in [-0.25, -0.2) is 13.1 Å². The number of carbonyl (C=O) groups excluding carboxylic acids is 1. The SMILES string of the molecule is CCNS(=O)(=O)c1ccc(C(=O)N(C)Cc2ccc(Cl)s2)cc1. The number of carbonyl (C=O) groups is 1. The Hall–Kier alpha value is -1.41. The lowest BCUT2D eigenvalue weighted by molar-refractivity contribution is 0.0786. The van der Waals surface area contributed by atoms with Crippen LogP contribution < -0.4 is 4.72 Å². The third-order valence-electron chi connectivity index (χ3n) is 3.11. The summed E-state index contributed by atoms with van der Waals surface area (Å²) in [6.45, 7) is 2.48. The molecule has 8 heteroatoms. The highest BCUT2D eigenvalue weighted by atomic mass is 35.5. The van der Waals surface area contributed by atoms with Gasteiger partial charge < -0.3 is 4.90 Å². The van der Waals surface area contributed by atoms with Gasteiger partial charge in [-0.05, 0) is 36.4 Å². The van der Waals surface area contributed by atoms with E-state index >= 15 is 0 Å². The molecule has 0 saturated heterocycles. The highest BCUT2D eigenvalue weighted by Gasteiger charge is 2.16. The van der Waals surface area contributed by atoms with E-state index in [0.29, 0.717) is 23.0 Å². The van der Waals surface area contributed by atoms with E-state index in [-0.39, 0.29) is 10.8 Å². The van der Waals surface area contributed by atoms with Crippen LogP contribution in [0.5, 0.6) is 0 Å². The molecule has 0 saturated carbocycles. The van der Waals surface area contributed by atoms with Gasteiger partial charge in [0.15, 0.2) is 0 Å². The summed E-state index contributed by atoms with van der Waals surface area (Å²) >= 11 is 7.30. The third kappa shape index (κ3) is 4.54. The Labute approximate surface area is 144 Å². The highest BCUT2D eigenvalue weighted by Crippen LogP contribution is 2.23. The first-order chi connectivity index (χ1) is 10.8. The van der Waals surface area contributed by atoms with Crippen LogP contribution in [-0.2, 0) is 16.6 Å². The highest BCUT2D eigenvalue weighted by molar-refractivity contribution is 7.89. The van der Waals surface area contributed by atoms with Crippen LogP contribution in [0.4, 0.5) is 0 Å². The zero-order valence-corrected chi connectivity index (χ0v) is 15.1. The normalized spacial score (nSPS) is 11.4. The number of sulfonamides is 1. The van der Waals surface area contributed by atoms with Crippen LogP contribution in [0, 0.1) is 0 Å². The van der Waals surface area contributed by atoms with E-state index in [9.17, 15) is 13.2 Å². The average molecular weight is 373 g/mol. The Bertz CT molecular complexity index is 785. The van der Waals surface area contributed by atoms with Crippen LogP contribution in [0.25, 0.3) is 0 Å². The second-order valence-electron chi connectivity index (χ2n) is 4.89. The Morgan fingerprint density at radius 1 is 1.22 bits per heavy atom. The lowest BCUT2D eigenvalue weighted by Gasteiger charge is -2.16. The number of thiophene rings is 1. The molecular weight excluding hydrogens is 356 g/mol. The minimum atomic E-state index is -3.51. The second kappa shape index (κ2) is 7.44. The van der Waals surface area contributed by atoms with Crippen molar-refractivity contribution in [2.24, 2.45) is 0 Å². The zero-order chi connectivity index (χ0) is 17.0. The van der Waals surface area contributed by atoms with Gasteiger partial charge in [0.05, 0.1) is 15.8 Å². The molecule has 1 amide bonds. The summed E-state index contributed by atoms with van der Waals surface area (Å²) < 4.78 is 26.8. The predicted octanol–water partition coefficient (Wildman–Crippen LogP) is 2.97. The maximum absolute atomic E-state index is 12.4. The quantitative estimate of drug-likeness (QED) is 0.847. The van der Waals surface area contributed by atoms with Gasteiger partial charge in [0.25, 0.3) is 5.91 Å². The van der Waals surface area contributed by atoms with E-state index in [1.165, 1.54) is 35.6 Å². The summed E-state index contributed by atoms with van der Waals surface area (Å²) in [6.07, 6.45) is 0. The van der Waals surface area contributed by atoms with E-state index in [4.69, 9.17) is 11.6 Å². The molecule has 1 aromatic heterocycles. The van der Waals surface area contributed by atoms with E-state index < -0.39 is 10.0 Å². The average Bonchev–Trinajstić information content (AvgIpc) is 2.91. The van der Waals surface area contributed by atoms with Crippen LogP contribution >= 0.6 is 22.9 Å². The van der Waals surface area contributed by atoms with Crippen LogP contribution in [0.1, 0.15) is 22.2 Å². The largest absolute Gasteiger partial charge is 0.337 e.